The number of amides is 2. The summed E-state index contributed by atoms with van der Waals surface area (Å²) in [6, 6.07) is 10.7. The van der Waals surface area contributed by atoms with Gasteiger partial charge in [-0.3, -0.25) is 9.59 Å². The number of aromatic nitrogens is 2. The Morgan fingerprint density at radius 3 is 2.76 bits per heavy atom. The highest BCUT2D eigenvalue weighted by Crippen LogP contribution is 2.37. The van der Waals surface area contributed by atoms with Crippen molar-refractivity contribution in [2.24, 2.45) is 0 Å². The van der Waals surface area contributed by atoms with Gasteiger partial charge >= 0.3 is 0 Å². The maximum absolute atomic E-state index is 12.8. The average Bonchev–Trinajstić information content (AvgIpc) is 3.13. The van der Waals surface area contributed by atoms with E-state index in [1.165, 1.54) is 18.3 Å². The van der Waals surface area contributed by atoms with Crippen LogP contribution in [0.15, 0.2) is 42.6 Å². The van der Waals surface area contributed by atoms with E-state index in [0.717, 1.165) is 5.56 Å². The van der Waals surface area contributed by atoms with Crippen molar-refractivity contribution in [3.8, 4) is 21.8 Å². The molecule has 3 rings (SSSR count). The van der Waals surface area contributed by atoms with Crippen molar-refractivity contribution in [3.63, 3.8) is 0 Å². The summed E-state index contributed by atoms with van der Waals surface area (Å²) in [5.74, 6) is -0.0591. The summed E-state index contributed by atoms with van der Waals surface area (Å²) in [4.78, 5) is 33.3. The zero-order chi connectivity index (χ0) is 20.8. The second-order valence-corrected chi connectivity index (χ2v) is 7.44. The molecule has 0 aliphatic carbocycles. The normalized spacial score (nSPS) is 10.6. The van der Waals surface area contributed by atoms with Crippen molar-refractivity contribution >= 4 is 40.6 Å². The molecule has 0 bridgehead atoms. The van der Waals surface area contributed by atoms with Crippen LogP contribution in [0.4, 0.5) is 5.82 Å². The molecule has 0 saturated carbocycles. The van der Waals surface area contributed by atoms with Crippen LogP contribution in [-0.2, 0) is 9.53 Å². The molecule has 0 saturated heterocycles. The number of nitrogens with zero attached hydrogens (tertiary/aromatic N) is 2. The van der Waals surface area contributed by atoms with Crippen molar-refractivity contribution in [3.05, 3.63) is 52.5 Å². The lowest BCUT2D eigenvalue weighted by Crippen LogP contribution is -2.26. The molecule has 29 heavy (non-hydrogen) atoms. The van der Waals surface area contributed by atoms with E-state index in [1.807, 2.05) is 18.2 Å². The second kappa shape index (κ2) is 9.60. The Morgan fingerprint density at radius 1 is 1.24 bits per heavy atom. The second-order valence-electron chi connectivity index (χ2n) is 6.04. The quantitative estimate of drug-likeness (QED) is 0.555. The van der Waals surface area contributed by atoms with E-state index >= 15 is 0 Å². The number of carbonyl (C=O) groups is 2. The van der Waals surface area contributed by atoms with Gasteiger partial charge in [0.25, 0.3) is 5.91 Å². The fourth-order valence-electron chi connectivity index (χ4n) is 2.59. The van der Waals surface area contributed by atoms with Crippen molar-refractivity contribution in [1.29, 1.82) is 0 Å². The molecule has 7 nitrogen and oxygen atoms in total. The largest absolute Gasteiger partial charge is 0.383 e. The molecule has 0 aliphatic rings. The van der Waals surface area contributed by atoms with E-state index < -0.39 is 0 Å². The van der Waals surface area contributed by atoms with E-state index in [0.29, 0.717) is 45.1 Å². The molecule has 0 atom stereocenters. The first-order valence-corrected chi connectivity index (χ1v) is 9.96. The van der Waals surface area contributed by atoms with Crippen LogP contribution in [-0.4, -0.2) is 42.0 Å². The van der Waals surface area contributed by atoms with Gasteiger partial charge in [0.15, 0.2) is 0 Å². The van der Waals surface area contributed by atoms with Crippen LogP contribution in [0, 0.1) is 0 Å². The zero-order valence-electron chi connectivity index (χ0n) is 15.9. The number of hydrogen-bond donors (Lipinski definition) is 2. The van der Waals surface area contributed by atoms with Crippen LogP contribution in [0.5, 0.6) is 0 Å². The minimum atomic E-state index is -0.253. The summed E-state index contributed by atoms with van der Waals surface area (Å²) >= 11 is 7.60. The number of ether oxygens (including phenoxy) is 1. The average molecular weight is 431 g/mol. The Morgan fingerprint density at radius 2 is 2.03 bits per heavy atom. The van der Waals surface area contributed by atoms with Crippen LogP contribution in [0.25, 0.3) is 21.8 Å². The minimum Gasteiger partial charge on any atom is -0.383 e. The number of halogens is 1. The lowest BCUT2D eigenvalue weighted by atomic mass is 10.1. The van der Waals surface area contributed by atoms with Gasteiger partial charge in [-0.2, -0.15) is 0 Å². The third kappa shape index (κ3) is 5.17. The first-order valence-electron chi connectivity index (χ1n) is 8.76. The molecule has 150 valence electrons. The molecule has 2 aromatic heterocycles. The van der Waals surface area contributed by atoms with Gasteiger partial charge in [0.05, 0.1) is 17.3 Å². The number of methoxy groups -OCH3 is 1. The van der Waals surface area contributed by atoms with Gasteiger partial charge in [-0.25, -0.2) is 9.97 Å². The molecule has 0 aliphatic heterocycles. The predicted molar refractivity (Wildman–Crippen MR) is 114 cm³/mol. The Labute approximate surface area is 177 Å². The highest BCUT2D eigenvalue weighted by Gasteiger charge is 2.21. The molecule has 0 radical (unpaired) electrons. The first-order chi connectivity index (χ1) is 14.0. The summed E-state index contributed by atoms with van der Waals surface area (Å²) in [7, 11) is 1.57. The number of pyridine rings is 1. The van der Waals surface area contributed by atoms with Gasteiger partial charge in [0.2, 0.25) is 5.91 Å². The number of anilines is 1. The van der Waals surface area contributed by atoms with Gasteiger partial charge in [0, 0.05) is 37.9 Å². The summed E-state index contributed by atoms with van der Waals surface area (Å²) in [5, 5.41) is 6.59. The fraction of sp³-hybridized carbons (Fsp3) is 0.200. The Balaban J connectivity index is 2.04. The Kier molecular flexibility index (Phi) is 6.92. The lowest BCUT2D eigenvalue weighted by molar-refractivity contribution is -0.114. The minimum absolute atomic E-state index is 0.219. The molecule has 2 heterocycles. The number of benzene rings is 1. The number of nitrogens with one attached hydrogen (secondary N) is 2. The van der Waals surface area contributed by atoms with Crippen LogP contribution in [0.1, 0.15) is 16.6 Å². The zero-order valence-corrected chi connectivity index (χ0v) is 17.4. The topological polar surface area (TPSA) is 93.2 Å². The molecule has 9 heteroatoms. The summed E-state index contributed by atoms with van der Waals surface area (Å²) in [6.45, 7) is 2.20. The van der Waals surface area contributed by atoms with Crippen molar-refractivity contribution in [2.45, 2.75) is 6.92 Å². The Hall–Kier alpha value is -2.81. The van der Waals surface area contributed by atoms with Gasteiger partial charge in [-0.05, 0) is 18.2 Å². The van der Waals surface area contributed by atoms with E-state index in [-0.39, 0.29) is 11.8 Å². The molecule has 0 fully saturated rings. The standard InChI is InChI=1S/C20H19ClN4O3S/c1-12(26)24-16-11-13(7-8-22-16)20-25-17(14-5-3-4-6-15(14)21)18(29-20)19(27)23-9-10-28-2/h3-8,11H,9-10H2,1-2H3,(H,23,27)(H,22,24,26). The SMILES string of the molecule is COCCNC(=O)c1sc(-c2ccnc(NC(C)=O)c2)nc1-c1ccccc1Cl. The van der Waals surface area contributed by atoms with Gasteiger partial charge in [-0.1, -0.05) is 29.8 Å². The first kappa shape index (κ1) is 20.9. The van der Waals surface area contributed by atoms with E-state index in [1.54, 1.807) is 31.5 Å². The van der Waals surface area contributed by atoms with Crippen LogP contribution in [0.2, 0.25) is 5.02 Å². The molecule has 2 amide bonds. The predicted octanol–water partition coefficient (Wildman–Crippen LogP) is 3.86. The summed E-state index contributed by atoms with van der Waals surface area (Å²) in [6.07, 6.45) is 1.58. The molecule has 2 N–H and O–H groups in total. The van der Waals surface area contributed by atoms with Gasteiger partial charge < -0.3 is 15.4 Å². The maximum atomic E-state index is 12.8. The molecular formula is C20H19ClN4O3S. The van der Waals surface area contributed by atoms with Crippen molar-refractivity contribution in [2.75, 3.05) is 25.6 Å². The third-order valence-corrected chi connectivity index (χ3v) is 5.30. The number of hydrogen-bond acceptors (Lipinski definition) is 6. The van der Waals surface area contributed by atoms with Crippen molar-refractivity contribution < 1.29 is 14.3 Å². The van der Waals surface area contributed by atoms with Crippen LogP contribution in [0.3, 0.4) is 0 Å². The molecule has 1 aromatic carbocycles. The molecule has 0 unspecified atom stereocenters. The number of carbonyl (C=O) groups excluding carboxylic acids is 2. The highest BCUT2D eigenvalue weighted by molar-refractivity contribution is 7.17. The Bertz CT molecular complexity index is 1040. The third-order valence-electron chi connectivity index (χ3n) is 3.87. The fourth-order valence-corrected chi connectivity index (χ4v) is 3.81. The lowest BCUT2D eigenvalue weighted by Gasteiger charge is -2.05. The molecule has 3 aromatic rings. The number of rotatable bonds is 7. The van der Waals surface area contributed by atoms with E-state index in [4.69, 9.17) is 16.3 Å². The molecule has 0 spiro atoms. The van der Waals surface area contributed by atoms with Gasteiger partial charge in [-0.15, -0.1) is 11.3 Å². The van der Waals surface area contributed by atoms with Gasteiger partial charge in [0.1, 0.15) is 15.7 Å². The van der Waals surface area contributed by atoms with Crippen LogP contribution < -0.4 is 10.6 Å². The number of thiazole rings is 1. The maximum Gasteiger partial charge on any atom is 0.263 e. The van der Waals surface area contributed by atoms with E-state index in [2.05, 4.69) is 20.6 Å². The monoisotopic (exact) mass is 430 g/mol. The van der Waals surface area contributed by atoms with Crippen LogP contribution >= 0.6 is 22.9 Å². The summed E-state index contributed by atoms with van der Waals surface area (Å²) < 4.78 is 4.99. The van der Waals surface area contributed by atoms with E-state index in [9.17, 15) is 9.59 Å². The summed E-state index contributed by atoms with van der Waals surface area (Å²) in [5.41, 5.74) is 1.91. The molecular weight excluding hydrogens is 412 g/mol. The van der Waals surface area contributed by atoms with Crippen molar-refractivity contribution in [1.82, 2.24) is 15.3 Å². The highest BCUT2D eigenvalue weighted by atomic mass is 35.5. The smallest absolute Gasteiger partial charge is 0.263 e.